The van der Waals surface area contributed by atoms with Crippen LogP contribution < -0.4 is 9.50 Å². The Kier molecular flexibility index (Phi) is 6.17. The lowest BCUT2D eigenvalue weighted by Gasteiger charge is -2.27. The van der Waals surface area contributed by atoms with Gasteiger partial charge < -0.3 is 14.2 Å². The van der Waals surface area contributed by atoms with Crippen molar-refractivity contribution >= 4 is 22.0 Å². The summed E-state index contributed by atoms with van der Waals surface area (Å²) in [4.78, 5) is 24.9. The van der Waals surface area contributed by atoms with Crippen molar-refractivity contribution in [2.24, 2.45) is 0 Å². The molecule has 0 aromatic heterocycles. The number of nitrogens with one attached hydrogen (secondary N) is 1. The van der Waals surface area contributed by atoms with Crippen molar-refractivity contribution in [3.8, 4) is 5.75 Å². The summed E-state index contributed by atoms with van der Waals surface area (Å²) in [5.41, 5.74) is 0.678. The highest BCUT2D eigenvalue weighted by atomic mass is 32.2. The minimum Gasteiger partial charge on any atom is -0.467 e. The van der Waals surface area contributed by atoms with Crippen molar-refractivity contribution < 1.29 is 26.9 Å². The highest BCUT2D eigenvalue weighted by Crippen LogP contribution is 2.31. The highest BCUT2D eigenvalue weighted by Gasteiger charge is 2.43. The van der Waals surface area contributed by atoms with Gasteiger partial charge in [-0.1, -0.05) is 25.0 Å². The van der Waals surface area contributed by atoms with Gasteiger partial charge in [0.1, 0.15) is 16.2 Å². The maximum Gasteiger partial charge on any atom is 0.339 e. The van der Waals surface area contributed by atoms with Crippen LogP contribution in [0.4, 0.5) is 0 Å². The minimum atomic E-state index is -4.00. The number of esters is 1. The molecule has 160 valence electrons. The Balaban J connectivity index is 1.75. The topological polar surface area (TPSA) is 98.8 Å². The number of carbonyl (C=O) groups is 2. The molecule has 1 amide bonds. The Morgan fingerprint density at radius 1 is 1.00 bits per heavy atom. The molecular formula is C22H25NO6S. The predicted molar refractivity (Wildman–Crippen MR) is 111 cm³/mol. The van der Waals surface area contributed by atoms with Gasteiger partial charge in [0, 0.05) is 5.56 Å². The van der Waals surface area contributed by atoms with E-state index in [-0.39, 0.29) is 10.6 Å². The predicted octanol–water partition coefficient (Wildman–Crippen LogP) is 3.29. The maximum absolute atomic E-state index is 12.6. The zero-order valence-corrected chi connectivity index (χ0v) is 18.0. The van der Waals surface area contributed by atoms with Crippen LogP contribution in [0.2, 0.25) is 0 Å². The molecule has 0 unspecified atom stereocenters. The van der Waals surface area contributed by atoms with Crippen LogP contribution in [0, 0.1) is 13.8 Å². The average molecular weight is 432 g/mol. The fraction of sp³-hybridized carbons (Fsp3) is 0.364. The summed E-state index contributed by atoms with van der Waals surface area (Å²) in [6.45, 7) is 3.50. The number of carbonyl (C=O) groups excluding carboxylic acids is 2. The Hall–Kier alpha value is -2.87. The zero-order chi connectivity index (χ0) is 21.9. The molecule has 0 radical (unpaired) electrons. The molecule has 0 atom stereocenters. The van der Waals surface area contributed by atoms with Crippen molar-refractivity contribution in [2.75, 3.05) is 7.11 Å². The molecule has 1 fully saturated rings. The number of aryl methyl sites for hydroxylation is 2. The van der Waals surface area contributed by atoms with Crippen molar-refractivity contribution in [1.82, 2.24) is 5.32 Å². The molecule has 0 heterocycles. The molecular weight excluding hydrogens is 406 g/mol. The van der Waals surface area contributed by atoms with Gasteiger partial charge in [0.15, 0.2) is 0 Å². The number of benzene rings is 2. The largest absolute Gasteiger partial charge is 0.467 e. The SMILES string of the molecule is COC(=O)C1(NC(=O)c2ccc(OS(=O)(=O)c3cc(C)ccc3C)cc2)CCCC1. The van der Waals surface area contributed by atoms with Gasteiger partial charge in [-0.3, -0.25) is 4.79 Å². The summed E-state index contributed by atoms with van der Waals surface area (Å²) in [6.07, 6.45) is 2.72. The first-order valence-electron chi connectivity index (χ1n) is 9.70. The van der Waals surface area contributed by atoms with Gasteiger partial charge in [-0.05, 0) is 68.1 Å². The summed E-state index contributed by atoms with van der Waals surface area (Å²) >= 11 is 0. The highest BCUT2D eigenvalue weighted by molar-refractivity contribution is 7.87. The number of amides is 1. The number of hydrogen-bond acceptors (Lipinski definition) is 6. The second-order valence-corrected chi connectivity index (χ2v) is 9.08. The lowest BCUT2D eigenvalue weighted by Crippen LogP contribution is -2.53. The molecule has 1 saturated carbocycles. The molecule has 0 spiro atoms. The summed E-state index contributed by atoms with van der Waals surface area (Å²) < 4.78 is 35.3. The maximum atomic E-state index is 12.6. The zero-order valence-electron chi connectivity index (χ0n) is 17.2. The lowest BCUT2D eigenvalue weighted by molar-refractivity contribution is -0.148. The molecule has 1 aliphatic carbocycles. The van der Waals surface area contributed by atoms with E-state index in [1.54, 1.807) is 26.0 Å². The first-order chi connectivity index (χ1) is 14.2. The fourth-order valence-corrected chi connectivity index (χ4v) is 4.90. The first-order valence-corrected chi connectivity index (χ1v) is 11.1. The van der Waals surface area contributed by atoms with E-state index in [4.69, 9.17) is 8.92 Å². The van der Waals surface area contributed by atoms with Crippen molar-refractivity contribution in [3.05, 3.63) is 59.2 Å². The molecule has 7 nitrogen and oxygen atoms in total. The van der Waals surface area contributed by atoms with Crippen molar-refractivity contribution in [3.63, 3.8) is 0 Å². The van der Waals surface area contributed by atoms with Gasteiger partial charge in [-0.15, -0.1) is 0 Å². The van der Waals surface area contributed by atoms with Gasteiger partial charge >= 0.3 is 16.1 Å². The lowest BCUT2D eigenvalue weighted by atomic mass is 9.97. The molecule has 30 heavy (non-hydrogen) atoms. The summed E-state index contributed by atoms with van der Waals surface area (Å²) in [5.74, 6) is -0.782. The van der Waals surface area contributed by atoms with Crippen LogP contribution in [0.3, 0.4) is 0 Å². The third-order valence-corrected chi connectivity index (χ3v) is 6.71. The second kappa shape index (κ2) is 8.47. The van der Waals surface area contributed by atoms with E-state index >= 15 is 0 Å². The molecule has 1 aliphatic rings. The van der Waals surface area contributed by atoms with Crippen LogP contribution >= 0.6 is 0 Å². The van der Waals surface area contributed by atoms with Gasteiger partial charge in [-0.2, -0.15) is 8.42 Å². The second-order valence-electron chi connectivity index (χ2n) is 7.57. The molecule has 8 heteroatoms. The van der Waals surface area contributed by atoms with Gasteiger partial charge in [0.05, 0.1) is 7.11 Å². The van der Waals surface area contributed by atoms with E-state index in [9.17, 15) is 18.0 Å². The molecule has 0 bridgehead atoms. The number of ether oxygens (including phenoxy) is 1. The van der Waals surface area contributed by atoms with E-state index < -0.39 is 27.5 Å². The monoisotopic (exact) mass is 431 g/mol. The van der Waals surface area contributed by atoms with E-state index in [1.807, 2.05) is 6.07 Å². The van der Waals surface area contributed by atoms with E-state index in [1.165, 1.54) is 31.4 Å². The summed E-state index contributed by atoms with van der Waals surface area (Å²) in [7, 11) is -2.70. The standard InChI is InChI=1S/C22H25NO6S/c1-15-6-7-16(2)19(14-15)30(26,27)29-18-10-8-17(9-11-18)20(24)23-22(21(25)28-3)12-4-5-13-22/h6-11,14H,4-5,12-13H2,1-3H3,(H,23,24). The van der Waals surface area contributed by atoms with Crippen LogP contribution in [0.1, 0.15) is 47.2 Å². The van der Waals surface area contributed by atoms with Gasteiger partial charge in [0.25, 0.3) is 5.91 Å². The number of hydrogen-bond donors (Lipinski definition) is 1. The Bertz CT molecular complexity index is 1050. The minimum absolute atomic E-state index is 0.0935. The van der Waals surface area contributed by atoms with Crippen LogP contribution in [-0.2, 0) is 19.6 Å². The normalized spacial score (nSPS) is 15.4. The molecule has 0 aliphatic heterocycles. The molecule has 3 rings (SSSR count). The Morgan fingerprint density at radius 3 is 2.23 bits per heavy atom. The van der Waals surface area contributed by atoms with Crippen LogP contribution in [0.25, 0.3) is 0 Å². The molecule has 2 aromatic carbocycles. The van der Waals surface area contributed by atoms with Crippen LogP contribution in [0.5, 0.6) is 5.75 Å². The fourth-order valence-electron chi connectivity index (χ4n) is 3.65. The van der Waals surface area contributed by atoms with Crippen LogP contribution in [0.15, 0.2) is 47.4 Å². The van der Waals surface area contributed by atoms with Gasteiger partial charge in [-0.25, -0.2) is 4.79 Å². The van der Waals surface area contributed by atoms with Crippen LogP contribution in [-0.4, -0.2) is 32.9 Å². The quantitative estimate of drug-likeness (QED) is 0.557. The van der Waals surface area contributed by atoms with Crippen molar-refractivity contribution in [1.29, 1.82) is 0 Å². The summed E-state index contributed by atoms with van der Waals surface area (Å²) in [5, 5.41) is 2.79. The average Bonchev–Trinajstić information content (AvgIpc) is 3.19. The van der Waals surface area contributed by atoms with E-state index in [0.717, 1.165) is 18.4 Å². The Labute approximate surface area is 176 Å². The third-order valence-electron chi connectivity index (χ3n) is 5.32. The van der Waals surface area contributed by atoms with E-state index in [0.29, 0.717) is 24.0 Å². The molecule has 1 N–H and O–H groups in total. The summed E-state index contributed by atoms with van der Waals surface area (Å²) in [6, 6.07) is 10.9. The molecule has 2 aromatic rings. The number of methoxy groups -OCH3 is 1. The van der Waals surface area contributed by atoms with Crippen molar-refractivity contribution in [2.45, 2.75) is 50.0 Å². The third kappa shape index (κ3) is 4.48. The van der Waals surface area contributed by atoms with E-state index in [2.05, 4.69) is 5.32 Å². The number of rotatable bonds is 6. The first kappa shape index (κ1) is 21.8. The van der Waals surface area contributed by atoms with Gasteiger partial charge in [0.2, 0.25) is 0 Å². The Morgan fingerprint density at radius 2 is 1.63 bits per heavy atom. The smallest absolute Gasteiger partial charge is 0.339 e. The molecule has 0 saturated heterocycles.